The predicted molar refractivity (Wildman–Crippen MR) is 82.0 cm³/mol. The van der Waals surface area contributed by atoms with E-state index in [1.54, 1.807) is 5.56 Å². The van der Waals surface area contributed by atoms with Gasteiger partial charge < -0.3 is 0 Å². The quantitative estimate of drug-likeness (QED) is 0.651. The van der Waals surface area contributed by atoms with E-state index in [0.717, 1.165) is 10.9 Å². The monoisotopic (exact) mass is 270 g/mol. The Morgan fingerprint density at radius 2 is 1.79 bits per heavy atom. The zero-order valence-electron chi connectivity index (χ0n) is 11.3. The maximum atomic E-state index is 6.15. The molecule has 0 amide bonds. The van der Waals surface area contributed by atoms with Crippen LogP contribution in [0, 0.1) is 0 Å². The van der Waals surface area contributed by atoms with Gasteiger partial charge in [-0.05, 0) is 54.0 Å². The SMILES string of the molecule is CCC1CCC(c2cccc(Cl)c2)c2ccccc21. The topological polar surface area (TPSA) is 0 Å². The van der Waals surface area contributed by atoms with Gasteiger partial charge >= 0.3 is 0 Å². The van der Waals surface area contributed by atoms with Crippen LogP contribution in [-0.2, 0) is 0 Å². The summed E-state index contributed by atoms with van der Waals surface area (Å²) in [5.41, 5.74) is 4.40. The van der Waals surface area contributed by atoms with E-state index in [4.69, 9.17) is 11.6 Å². The van der Waals surface area contributed by atoms with Crippen LogP contribution in [-0.4, -0.2) is 0 Å². The number of hydrogen-bond acceptors (Lipinski definition) is 0. The smallest absolute Gasteiger partial charge is 0.0408 e. The molecule has 3 rings (SSSR count). The average molecular weight is 271 g/mol. The summed E-state index contributed by atoms with van der Waals surface area (Å²) in [6.45, 7) is 2.29. The Kier molecular flexibility index (Phi) is 3.61. The lowest BCUT2D eigenvalue weighted by molar-refractivity contribution is 0.506. The van der Waals surface area contributed by atoms with Crippen LogP contribution in [0.15, 0.2) is 48.5 Å². The highest BCUT2D eigenvalue weighted by atomic mass is 35.5. The van der Waals surface area contributed by atoms with E-state index in [1.807, 2.05) is 6.07 Å². The third-order valence-corrected chi connectivity index (χ3v) is 4.59. The summed E-state index contributed by atoms with van der Waals surface area (Å²) in [7, 11) is 0. The normalized spacial score (nSPS) is 22.0. The van der Waals surface area contributed by atoms with Gasteiger partial charge in [-0.1, -0.05) is 54.9 Å². The molecule has 0 N–H and O–H groups in total. The average Bonchev–Trinajstić information content (AvgIpc) is 2.46. The van der Waals surface area contributed by atoms with Gasteiger partial charge in [0.15, 0.2) is 0 Å². The van der Waals surface area contributed by atoms with E-state index in [0.29, 0.717) is 5.92 Å². The number of hydrogen-bond donors (Lipinski definition) is 0. The molecule has 2 unspecified atom stereocenters. The molecule has 0 heterocycles. The first-order chi connectivity index (χ1) is 9.29. The highest BCUT2D eigenvalue weighted by molar-refractivity contribution is 6.30. The van der Waals surface area contributed by atoms with Crippen LogP contribution < -0.4 is 0 Å². The molecular weight excluding hydrogens is 252 g/mol. The maximum absolute atomic E-state index is 6.15. The molecule has 1 aliphatic carbocycles. The number of halogens is 1. The van der Waals surface area contributed by atoms with Crippen molar-refractivity contribution < 1.29 is 0 Å². The van der Waals surface area contributed by atoms with Crippen molar-refractivity contribution in [3.63, 3.8) is 0 Å². The van der Waals surface area contributed by atoms with E-state index in [2.05, 4.69) is 49.4 Å². The summed E-state index contributed by atoms with van der Waals surface area (Å²) in [6, 6.07) is 17.3. The van der Waals surface area contributed by atoms with Crippen LogP contribution in [0.1, 0.15) is 54.7 Å². The molecule has 0 aliphatic heterocycles. The van der Waals surface area contributed by atoms with Gasteiger partial charge in [-0.25, -0.2) is 0 Å². The third-order valence-electron chi connectivity index (χ3n) is 4.36. The van der Waals surface area contributed by atoms with Crippen molar-refractivity contribution in [1.82, 2.24) is 0 Å². The van der Waals surface area contributed by atoms with E-state index >= 15 is 0 Å². The molecule has 1 heteroatoms. The van der Waals surface area contributed by atoms with Crippen molar-refractivity contribution >= 4 is 11.6 Å². The fraction of sp³-hybridized carbons (Fsp3) is 0.333. The number of benzene rings is 2. The first-order valence-corrected chi connectivity index (χ1v) is 7.51. The Morgan fingerprint density at radius 3 is 2.53 bits per heavy atom. The number of fused-ring (bicyclic) bond motifs is 1. The van der Waals surface area contributed by atoms with Crippen molar-refractivity contribution in [2.45, 2.75) is 38.0 Å². The molecule has 0 fully saturated rings. The molecule has 1 aliphatic rings. The zero-order valence-corrected chi connectivity index (χ0v) is 12.0. The minimum absolute atomic E-state index is 0.512. The first kappa shape index (κ1) is 12.7. The lowest BCUT2D eigenvalue weighted by atomic mass is 9.73. The largest absolute Gasteiger partial charge is 0.0843 e. The fourth-order valence-corrected chi connectivity index (χ4v) is 3.57. The van der Waals surface area contributed by atoms with Gasteiger partial charge in [0.25, 0.3) is 0 Å². The molecule has 0 nitrogen and oxygen atoms in total. The second-order valence-electron chi connectivity index (χ2n) is 5.42. The Balaban J connectivity index is 2.05. The minimum atomic E-state index is 0.512. The van der Waals surface area contributed by atoms with Gasteiger partial charge in [-0.15, -0.1) is 0 Å². The highest BCUT2D eigenvalue weighted by Crippen LogP contribution is 2.43. The minimum Gasteiger partial charge on any atom is -0.0843 e. The Hall–Kier alpha value is -1.27. The fourth-order valence-electron chi connectivity index (χ4n) is 3.37. The van der Waals surface area contributed by atoms with Crippen LogP contribution in [0.25, 0.3) is 0 Å². The Morgan fingerprint density at radius 1 is 1.00 bits per heavy atom. The standard InChI is InChI=1S/C18H19Cl/c1-2-13-10-11-17(14-6-5-7-15(19)12-14)18-9-4-3-8-16(13)18/h3-9,12-13,17H,2,10-11H2,1H3. The van der Waals surface area contributed by atoms with Gasteiger partial charge in [0, 0.05) is 10.9 Å². The van der Waals surface area contributed by atoms with Crippen LogP contribution in [0.2, 0.25) is 5.02 Å². The molecule has 2 atom stereocenters. The first-order valence-electron chi connectivity index (χ1n) is 7.14. The van der Waals surface area contributed by atoms with Gasteiger partial charge in [-0.3, -0.25) is 0 Å². The van der Waals surface area contributed by atoms with Crippen LogP contribution in [0.4, 0.5) is 0 Å². The second kappa shape index (κ2) is 5.38. The summed E-state index contributed by atoms with van der Waals surface area (Å²) in [5.74, 6) is 1.24. The maximum Gasteiger partial charge on any atom is 0.0408 e. The zero-order chi connectivity index (χ0) is 13.2. The predicted octanol–water partition coefficient (Wildman–Crippen LogP) is 5.76. The number of rotatable bonds is 2. The van der Waals surface area contributed by atoms with E-state index in [9.17, 15) is 0 Å². The molecule has 0 saturated heterocycles. The van der Waals surface area contributed by atoms with E-state index < -0.39 is 0 Å². The van der Waals surface area contributed by atoms with Gasteiger partial charge in [0.2, 0.25) is 0 Å². The lowest BCUT2D eigenvalue weighted by Gasteiger charge is -2.31. The molecule has 0 radical (unpaired) electrons. The second-order valence-corrected chi connectivity index (χ2v) is 5.86. The summed E-state index contributed by atoms with van der Waals surface area (Å²) >= 11 is 6.15. The summed E-state index contributed by atoms with van der Waals surface area (Å²) < 4.78 is 0. The third kappa shape index (κ3) is 2.42. The van der Waals surface area contributed by atoms with Crippen molar-refractivity contribution in [3.05, 3.63) is 70.2 Å². The Bertz CT molecular complexity index is 573. The van der Waals surface area contributed by atoms with Gasteiger partial charge in [0.1, 0.15) is 0 Å². The van der Waals surface area contributed by atoms with Gasteiger partial charge in [-0.2, -0.15) is 0 Å². The van der Waals surface area contributed by atoms with Crippen molar-refractivity contribution in [1.29, 1.82) is 0 Å². The van der Waals surface area contributed by atoms with Crippen LogP contribution in [0.5, 0.6) is 0 Å². The summed E-state index contributed by atoms with van der Waals surface area (Å²) in [6.07, 6.45) is 3.75. The van der Waals surface area contributed by atoms with Crippen molar-refractivity contribution in [2.24, 2.45) is 0 Å². The van der Waals surface area contributed by atoms with Crippen LogP contribution in [0.3, 0.4) is 0 Å². The molecule has 2 aromatic carbocycles. The van der Waals surface area contributed by atoms with Crippen molar-refractivity contribution in [3.8, 4) is 0 Å². The molecule has 2 aromatic rings. The van der Waals surface area contributed by atoms with Crippen LogP contribution >= 0.6 is 11.6 Å². The highest BCUT2D eigenvalue weighted by Gasteiger charge is 2.26. The van der Waals surface area contributed by atoms with Gasteiger partial charge in [0.05, 0.1) is 0 Å². The molecule has 0 aromatic heterocycles. The van der Waals surface area contributed by atoms with E-state index in [-0.39, 0.29) is 0 Å². The lowest BCUT2D eigenvalue weighted by Crippen LogP contribution is -2.15. The molecule has 98 valence electrons. The molecule has 0 saturated carbocycles. The summed E-state index contributed by atoms with van der Waals surface area (Å²) in [4.78, 5) is 0. The van der Waals surface area contributed by atoms with E-state index in [1.165, 1.54) is 30.4 Å². The molecule has 0 bridgehead atoms. The Labute approximate surface area is 120 Å². The molecule has 0 spiro atoms. The summed E-state index contributed by atoms with van der Waals surface area (Å²) in [5, 5.41) is 0.840. The molecular formula is C18H19Cl. The molecule has 19 heavy (non-hydrogen) atoms. The van der Waals surface area contributed by atoms with Crippen molar-refractivity contribution in [2.75, 3.05) is 0 Å².